The van der Waals surface area contributed by atoms with Gasteiger partial charge in [0, 0.05) is 24.3 Å². The fourth-order valence-electron chi connectivity index (χ4n) is 3.95. The Labute approximate surface area is 188 Å². The summed E-state index contributed by atoms with van der Waals surface area (Å²) in [4.78, 5) is 44.0. The molecule has 0 bridgehead atoms. The molecule has 0 radical (unpaired) electrons. The molecule has 2 aromatic heterocycles. The van der Waals surface area contributed by atoms with Gasteiger partial charge in [0.2, 0.25) is 5.91 Å². The van der Waals surface area contributed by atoms with Crippen molar-refractivity contribution in [1.82, 2.24) is 20.1 Å². The zero-order valence-corrected chi connectivity index (χ0v) is 17.7. The predicted molar refractivity (Wildman–Crippen MR) is 124 cm³/mol. The van der Waals surface area contributed by atoms with Crippen LogP contribution < -0.4 is 21.1 Å². The monoisotopic (exact) mass is 440 g/mol. The number of hydrogen-bond donors (Lipinski definition) is 2. The number of nitrogens with one attached hydrogen (secondary N) is 2. The third kappa shape index (κ3) is 3.80. The minimum atomic E-state index is -0.443. The average Bonchev–Trinajstić information content (AvgIpc) is 2.83. The molecule has 0 aliphatic carbocycles. The lowest BCUT2D eigenvalue weighted by Crippen LogP contribution is -2.45. The Morgan fingerprint density at radius 2 is 1.94 bits per heavy atom. The number of aromatic nitrogens is 3. The van der Waals surface area contributed by atoms with Gasteiger partial charge in [0.05, 0.1) is 17.1 Å². The van der Waals surface area contributed by atoms with E-state index in [9.17, 15) is 14.4 Å². The second kappa shape index (κ2) is 8.19. The molecule has 9 heteroatoms. The molecular weight excluding hydrogens is 420 g/mol. The van der Waals surface area contributed by atoms with Crippen molar-refractivity contribution in [2.45, 2.75) is 12.7 Å². The summed E-state index contributed by atoms with van der Waals surface area (Å²) in [5.74, 6) is -0.00934. The molecule has 1 atom stereocenters. The van der Waals surface area contributed by atoms with Gasteiger partial charge in [-0.3, -0.25) is 14.4 Å². The van der Waals surface area contributed by atoms with Crippen LogP contribution in [0, 0.1) is 0 Å². The van der Waals surface area contributed by atoms with Gasteiger partial charge in [0.25, 0.3) is 11.5 Å². The first-order chi connectivity index (χ1) is 16.0. The van der Waals surface area contributed by atoms with Crippen LogP contribution in [0.2, 0.25) is 0 Å². The van der Waals surface area contributed by atoms with E-state index in [2.05, 4.69) is 20.7 Å². The van der Waals surface area contributed by atoms with Crippen molar-refractivity contribution >= 4 is 34.1 Å². The van der Waals surface area contributed by atoms with E-state index >= 15 is 0 Å². The number of carbonyl (C=O) groups is 2. The maximum atomic E-state index is 12.6. The zero-order chi connectivity index (χ0) is 22.9. The molecule has 0 saturated heterocycles. The lowest BCUT2D eigenvalue weighted by molar-refractivity contribution is -0.117. The minimum absolute atomic E-state index is 0.211. The Morgan fingerprint density at radius 1 is 1.09 bits per heavy atom. The third-order valence-electron chi connectivity index (χ3n) is 5.56. The summed E-state index contributed by atoms with van der Waals surface area (Å²) in [6.45, 7) is -0.217. The van der Waals surface area contributed by atoms with E-state index in [1.54, 1.807) is 60.9 Å². The van der Waals surface area contributed by atoms with E-state index in [0.717, 1.165) is 15.6 Å². The van der Waals surface area contributed by atoms with Gasteiger partial charge in [-0.05, 0) is 35.9 Å². The van der Waals surface area contributed by atoms with E-state index in [1.165, 1.54) is 0 Å². The largest absolute Gasteiger partial charge is 0.335 e. The standard InChI is InChI=1S/C24H20N6O3/c1-29-21(28-23(32)19-10-5-11-25-22(19)29)15-7-4-8-17(12-15)27-20(31)14-30-24(33)18-9-3-2-6-16(18)13-26-30/h2-13,21H,14H2,1H3,(H,27,31)(H,28,32)/t21-/m1/s1. The van der Waals surface area contributed by atoms with Gasteiger partial charge < -0.3 is 15.5 Å². The molecule has 5 rings (SSSR count). The van der Waals surface area contributed by atoms with Crippen LogP contribution in [-0.4, -0.2) is 33.6 Å². The van der Waals surface area contributed by atoms with Crippen LogP contribution in [0.25, 0.3) is 10.8 Å². The number of pyridine rings is 1. The van der Waals surface area contributed by atoms with Crippen LogP contribution in [0.4, 0.5) is 11.5 Å². The maximum Gasteiger partial charge on any atom is 0.275 e. The number of amides is 2. The fourth-order valence-corrected chi connectivity index (χ4v) is 3.95. The van der Waals surface area contributed by atoms with E-state index in [1.807, 2.05) is 24.1 Å². The summed E-state index contributed by atoms with van der Waals surface area (Å²) in [6.07, 6.45) is 2.77. The van der Waals surface area contributed by atoms with Gasteiger partial charge in [-0.15, -0.1) is 0 Å². The molecule has 0 fully saturated rings. The lowest BCUT2D eigenvalue weighted by Gasteiger charge is -2.35. The molecule has 3 heterocycles. The summed E-state index contributed by atoms with van der Waals surface area (Å²) in [5.41, 5.74) is 1.51. The lowest BCUT2D eigenvalue weighted by atomic mass is 10.1. The van der Waals surface area contributed by atoms with E-state index < -0.39 is 6.17 Å². The number of fused-ring (bicyclic) bond motifs is 2. The number of hydrogen-bond acceptors (Lipinski definition) is 6. The Hall–Kier alpha value is -4.53. The number of rotatable bonds is 4. The van der Waals surface area contributed by atoms with Gasteiger partial charge in [-0.1, -0.05) is 30.3 Å². The number of carbonyl (C=O) groups excluding carboxylic acids is 2. The van der Waals surface area contributed by atoms with E-state index in [0.29, 0.717) is 22.5 Å². The van der Waals surface area contributed by atoms with Crippen molar-refractivity contribution in [1.29, 1.82) is 0 Å². The van der Waals surface area contributed by atoms with Gasteiger partial charge >= 0.3 is 0 Å². The normalized spacial score (nSPS) is 15.1. The fraction of sp³-hybridized carbons (Fsp3) is 0.125. The van der Waals surface area contributed by atoms with Crippen molar-refractivity contribution in [3.63, 3.8) is 0 Å². The molecule has 1 aliphatic heterocycles. The summed E-state index contributed by atoms with van der Waals surface area (Å²) in [7, 11) is 1.85. The molecule has 33 heavy (non-hydrogen) atoms. The molecule has 0 saturated carbocycles. The molecule has 1 aliphatic rings. The van der Waals surface area contributed by atoms with Crippen LogP contribution >= 0.6 is 0 Å². The van der Waals surface area contributed by atoms with Crippen molar-refractivity contribution < 1.29 is 9.59 Å². The Bertz CT molecular complexity index is 1450. The summed E-state index contributed by atoms with van der Waals surface area (Å²) in [6, 6.07) is 17.7. The first kappa shape index (κ1) is 20.4. The van der Waals surface area contributed by atoms with E-state index in [-0.39, 0.29) is 23.9 Å². The van der Waals surface area contributed by atoms with Gasteiger partial charge in [-0.25, -0.2) is 9.67 Å². The van der Waals surface area contributed by atoms with Crippen LogP contribution in [0.5, 0.6) is 0 Å². The number of nitrogens with zero attached hydrogens (tertiary/aromatic N) is 4. The number of anilines is 2. The van der Waals surface area contributed by atoms with Gasteiger partial charge in [0.15, 0.2) is 0 Å². The highest BCUT2D eigenvalue weighted by Gasteiger charge is 2.30. The quantitative estimate of drug-likeness (QED) is 0.504. The molecule has 164 valence electrons. The van der Waals surface area contributed by atoms with Crippen LogP contribution in [0.3, 0.4) is 0 Å². The highest BCUT2D eigenvalue weighted by Crippen LogP contribution is 2.30. The molecule has 2 aromatic carbocycles. The van der Waals surface area contributed by atoms with Crippen molar-refractivity contribution in [3.8, 4) is 0 Å². The molecule has 4 aromatic rings. The highest BCUT2D eigenvalue weighted by molar-refractivity contribution is 6.01. The topological polar surface area (TPSA) is 109 Å². The SMILES string of the molecule is CN1c2ncccc2C(=O)N[C@H]1c1cccc(NC(=O)Cn2ncc3ccccc3c2=O)c1. The molecule has 0 spiro atoms. The van der Waals surface area contributed by atoms with Crippen molar-refractivity contribution in [2.24, 2.45) is 0 Å². The molecular formula is C24H20N6O3. The van der Waals surface area contributed by atoms with Crippen LogP contribution in [0.15, 0.2) is 77.9 Å². The van der Waals surface area contributed by atoms with Crippen LogP contribution in [-0.2, 0) is 11.3 Å². The van der Waals surface area contributed by atoms with Gasteiger partial charge in [0.1, 0.15) is 18.5 Å². The van der Waals surface area contributed by atoms with Crippen LogP contribution in [0.1, 0.15) is 22.1 Å². The highest BCUT2D eigenvalue weighted by atomic mass is 16.2. The first-order valence-electron chi connectivity index (χ1n) is 10.3. The smallest absolute Gasteiger partial charge is 0.275 e. The second-order valence-electron chi connectivity index (χ2n) is 7.73. The molecule has 0 unspecified atom stereocenters. The Kier molecular flexibility index (Phi) is 5.06. The van der Waals surface area contributed by atoms with E-state index in [4.69, 9.17) is 0 Å². The van der Waals surface area contributed by atoms with Crippen molar-refractivity contribution in [3.05, 3.63) is 94.5 Å². The average molecular weight is 440 g/mol. The Balaban J connectivity index is 1.35. The summed E-state index contributed by atoms with van der Waals surface area (Å²) in [5, 5.41) is 11.1. The first-order valence-corrected chi connectivity index (χ1v) is 10.3. The zero-order valence-electron chi connectivity index (χ0n) is 17.7. The minimum Gasteiger partial charge on any atom is -0.335 e. The molecule has 9 nitrogen and oxygen atoms in total. The van der Waals surface area contributed by atoms with Crippen molar-refractivity contribution in [2.75, 3.05) is 17.3 Å². The molecule has 2 N–H and O–H groups in total. The van der Waals surface area contributed by atoms with Gasteiger partial charge in [-0.2, -0.15) is 5.10 Å². The predicted octanol–water partition coefficient (Wildman–Crippen LogP) is 2.31. The second-order valence-corrected chi connectivity index (χ2v) is 7.73. The summed E-state index contributed by atoms with van der Waals surface area (Å²) >= 11 is 0. The number of benzene rings is 2. The third-order valence-corrected chi connectivity index (χ3v) is 5.56. The maximum absolute atomic E-state index is 12.6. The molecule has 2 amide bonds. The Morgan fingerprint density at radius 3 is 2.82 bits per heavy atom. The summed E-state index contributed by atoms with van der Waals surface area (Å²) < 4.78 is 1.14.